The van der Waals surface area contributed by atoms with E-state index in [9.17, 15) is 13.2 Å². The lowest BCUT2D eigenvalue weighted by atomic mass is 10.1. The molecule has 0 bridgehead atoms. The third-order valence-corrected chi connectivity index (χ3v) is 3.37. The fourth-order valence-corrected chi connectivity index (χ4v) is 1.91. The molecule has 2 N–H and O–H groups in total. The van der Waals surface area contributed by atoms with E-state index in [2.05, 4.69) is 23.8 Å². The second kappa shape index (κ2) is 8.15. The zero-order chi connectivity index (χ0) is 18.4. The summed E-state index contributed by atoms with van der Waals surface area (Å²) in [6.45, 7) is 4.36. The van der Waals surface area contributed by atoms with Crippen LogP contribution in [0, 0.1) is 0 Å². The zero-order valence-electron chi connectivity index (χ0n) is 14.0. The molecule has 0 spiro atoms. The number of nitrogens with zero attached hydrogens (tertiary/aromatic N) is 2. The van der Waals surface area contributed by atoms with E-state index in [-0.39, 0.29) is 19.1 Å². The Balaban J connectivity index is 1.81. The van der Waals surface area contributed by atoms with Gasteiger partial charge in [-0.05, 0) is 23.6 Å². The highest BCUT2D eigenvalue weighted by atomic mass is 19.4. The largest absolute Gasteiger partial charge is 0.490 e. The van der Waals surface area contributed by atoms with E-state index >= 15 is 0 Å². The summed E-state index contributed by atoms with van der Waals surface area (Å²) in [6, 6.07) is 3.49. The summed E-state index contributed by atoms with van der Waals surface area (Å²) in [7, 11) is 0. The van der Waals surface area contributed by atoms with E-state index in [0.717, 1.165) is 23.9 Å². The molecule has 0 aliphatic carbocycles. The van der Waals surface area contributed by atoms with Gasteiger partial charge in [0, 0.05) is 18.5 Å². The highest BCUT2D eigenvalue weighted by Gasteiger charge is 2.30. The Morgan fingerprint density at radius 2 is 1.80 bits per heavy atom. The molecule has 2 aromatic heterocycles. The summed E-state index contributed by atoms with van der Waals surface area (Å²) in [5.41, 5.74) is 6.11. The van der Waals surface area contributed by atoms with E-state index in [1.807, 2.05) is 6.07 Å². The minimum atomic E-state index is -4.42. The van der Waals surface area contributed by atoms with Crippen LogP contribution in [0.1, 0.15) is 30.9 Å². The fraction of sp³-hybridized carbons (Fsp3) is 0.412. The molecule has 2 rings (SSSR count). The summed E-state index contributed by atoms with van der Waals surface area (Å²) in [5, 5.41) is 0. The van der Waals surface area contributed by atoms with Crippen LogP contribution < -0.4 is 15.2 Å². The van der Waals surface area contributed by atoms with Crippen LogP contribution in [0.3, 0.4) is 0 Å². The monoisotopic (exact) mass is 355 g/mol. The topological polar surface area (TPSA) is 70.3 Å². The van der Waals surface area contributed by atoms with Gasteiger partial charge in [-0.1, -0.05) is 13.8 Å². The lowest BCUT2D eigenvalue weighted by Crippen LogP contribution is -2.34. The molecule has 0 saturated carbocycles. The Bertz CT molecular complexity index is 676. The van der Waals surface area contributed by atoms with Crippen molar-refractivity contribution in [1.29, 1.82) is 0 Å². The predicted molar refractivity (Wildman–Crippen MR) is 86.5 cm³/mol. The summed E-state index contributed by atoms with van der Waals surface area (Å²) in [6.07, 6.45) is -0.331. The van der Waals surface area contributed by atoms with E-state index in [0.29, 0.717) is 11.7 Å². The highest BCUT2D eigenvalue weighted by molar-refractivity contribution is 5.25. The second-order valence-corrected chi connectivity index (χ2v) is 5.87. The molecule has 1 atom stereocenters. The maximum atomic E-state index is 12.5. The number of hydrogen-bond donors (Lipinski definition) is 1. The number of aromatic nitrogens is 2. The van der Waals surface area contributed by atoms with Crippen LogP contribution >= 0.6 is 0 Å². The molecule has 0 aliphatic rings. The predicted octanol–water partition coefficient (Wildman–Crippen LogP) is 3.40. The van der Waals surface area contributed by atoms with Crippen LogP contribution in [0.5, 0.6) is 11.6 Å². The molecule has 0 amide bonds. The quantitative estimate of drug-likeness (QED) is 0.824. The lowest BCUT2D eigenvalue weighted by molar-refractivity contribution is -0.137. The van der Waals surface area contributed by atoms with Crippen molar-refractivity contribution in [3.63, 3.8) is 0 Å². The van der Waals surface area contributed by atoms with Crippen LogP contribution in [0.15, 0.2) is 36.8 Å². The average molecular weight is 355 g/mol. The third kappa shape index (κ3) is 5.90. The van der Waals surface area contributed by atoms with E-state index in [4.69, 9.17) is 15.2 Å². The van der Waals surface area contributed by atoms with Crippen molar-refractivity contribution < 1.29 is 22.6 Å². The Morgan fingerprint density at radius 3 is 2.40 bits per heavy atom. The van der Waals surface area contributed by atoms with Gasteiger partial charge in [0.2, 0.25) is 5.88 Å². The van der Waals surface area contributed by atoms with E-state index in [1.165, 1.54) is 0 Å². The summed E-state index contributed by atoms with van der Waals surface area (Å²) in [5.74, 6) is 1.01. The van der Waals surface area contributed by atoms with Gasteiger partial charge in [-0.2, -0.15) is 13.2 Å². The smallest absolute Gasteiger partial charge is 0.417 e. The maximum Gasteiger partial charge on any atom is 0.417 e. The number of ether oxygens (including phenoxy) is 2. The average Bonchev–Trinajstić information content (AvgIpc) is 2.58. The van der Waals surface area contributed by atoms with Gasteiger partial charge in [0.05, 0.1) is 17.8 Å². The first-order valence-corrected chi connectivity index (χ1v) is 7.75. The second-order valence-electron chi connectivity index (χ2n) is 5.87. The number of alkyl halides is 3. The Kier molecular flexibility index (Phi) is 6.19. The van der Waals surface area contributed by atoms with Gasteiger partial charge in [0.15, 0.2) is 0 Å². The van der Waals surface area contributed by atoms with Crippen LogP contribution in [0.25, 0.3) is 0 Å². The maximum absolute atomic E-state index is 12.5. The van der Waals surface area contributed by atoms with Crippen molar-refractivity contribution >= 4 is 0 Å². The first kappa shape index (κ1) is 19.0. The van der Waals surface area contributed by atoms with Crippen LogP contribution in [0.4, 0.5) is 13.2 Å². The molecule has 5 nitrogen and oxygen atoms in total. The number of hydrogen-bond acceptors (Lipinski definition) is 5. The van der Waals surface area contributed by atoms with Crippen molar-refractivity contribution in [2.75, 3.05) is 13.2 Å². The zero-order valence-corrected chi connectivity index (χ0v) is 14.0. The van der Waals surface area contributed by atoms with Crippen molar-refractivity contribution in [3.8, 4) is 11.6 Å². The number of rotatable bonds is 7. The molecule has 0 aliphatic heterocycles. The molecule has 0 aromatic carbocycles. The molecule has 0 fully saturated rings. The van der Waals surface area contributed by atoms with Crippen molar-refractivity contribution in [2.24, 2.45) is 5.73 Å². The highest BCUT2D eigenvalue weighted by Crippen LogP contribution is 2.29. The first-order valence-electron chi connectivity index (χ1n) is 7.75. The van der Waals surface area contributed by atoms with Crippen molar-refractivity contribution in [3.05, 3.63) is 47.9 Å². The van der Waals surface area contributed by atoms with Gasteiger partial charge in [0.25, 0.3) is 0 Å². The minimum absolute atomic E-state index is 0.0651. The molecule has 2 heterocycles. The van der Waals surface area contributed by atoms with E-state index in [1.54, 1.807) is 12.4 Å². The molecule has 0 radical (unpaired) electrons. The first-order chi connectivity index (χ1) is 11.8. The van der Waals surface area contributed by atoms with Gasteiger partial charge in [-0.15, -0.1) is 0 Å². The van der Waals surface area contributed by atoms with Gasteiger partial charge in [-0.3, -0.25) is 4.98 Å². The van der Waals surface area contributed by atoms with Crippen LogP contribution in [-0.2, 0) is 6.18 Å². The number of pyridine rings is 2. The van der Waals surface area contributed by atoms with Gasteiger partial charge < -0.3 is 15.2 Å². The molecule has 2 aromatic rings. The van der Waals surface area contributed by atoms with Crippen molar-refractivity contribution in [2.45, 2.75) is 32.0 Å². The van der Waals surface area contributed by atoms with Gasteiger partial charge >= 0.3 is 6.18 Å². The van der Waals surface area contributed by atoms with Gasteiger partial charge in [0.1, 0.15) is 19.0 Å². The Morgan fingerprint density at radius 1 is 1.08 bits per heavy atom. The molecule has 0 saturated heterocycles. The molecular formula is C17H20F3N3O2. The van der Waals surface area contributed by atoms with Crippen LogP contribution in [-0.4, -0.2) is 29.2 Å². The summed E-state index contributed by atoms with van der Waals surface area (Å²) in [4.78, 5) is 7.72. The molecule has 0 unspecified atom stereocenters. The number of halogens is 3. The molecule has 136 valence electrons. The number of nitrogens with two attached hydrogens (primary N) is 1. The Hall–Kier alpha value is -2.35. The fourth-order valence-electron chi connectivity index (χ4n) is 1.91. The molecule has 8 heteroatoms. The SMILES string of the molecule is CC(C)c1cncc(OC[C@@H](N)COc2ccc(C(F)(F)F)cn2)c1. The minimum Gasteiger partial charge on any atom is -0.490 e. The van der Waals surface area contributed by atoms with Gasteiger partial charge in [-0.25, -0.2) is 4.98 Å². The van der Waals surface area contributed by atoms with Crippen molar-refractivity contribution in [1.82, 2.24) is 9.97 Å². The Labute approximate surface area is 144 Å². The molecular weight excluding hydrogens is 335 g/mol. The lowest BCUT2D eigenvalue weighted by Gasteiger charge is -2.15. The standard InChI is InChI=1S/C17H20F3N3O2/c1-11(2)12-5-15(8-22-6-12)24-9-14(21)10-25-16-4-3-13(7-23-16)17(18,19)20/h3-8,11,14H,9-10,21H2,1-2H3/t14-/m1/s1. The summed E-state index contributed by atoms with van der Waals surface area (Å²) < 4.78 is 48.2. The normalized spacial score (nSPS) is 12.9. The summed E-state index contributed by atoms with van der Waals surface area (Å²) >= 11 is 0. The third-order valence-electron chi connectivity index (χ3n) is 3.37. The van der Waals surface area contributed by atoms with Crippen LogP contribution in [0.2, 0.25) is 0 Å². The van der Waals surface area contributed by atoms with E-state index < -0.39 is 17.8 Å². The molecule has 25 heavy (non-hydrogen) atoms.